The van der Waals surface area contributed by atoms with Crippen LogP contribution in [0, 0.1) is 0 Å². The van der Waals surface area contributed by atoms with Crippen LogP contribution in [0.1, 0.15) is 32.8 Å². The maximum absolute atomic E-state index is 13.2. The van der Waals surface area contributed by atoms with E-state index in [1.54, 1.807) is 20.8 Å². The van der Waals surface area contributed by atoms with Crippen LogP contribution in [0.2, 0.25) is 0 Å². The van der Waals surface area contributed by atoms with Crippen molar-refractivity contribution in [3.05, 3.63) is 81.2 Å². The van der Waals surface area contributed by atoms with Crippen molar-refractivity contribution in [3.63, 3.8) is 0 Å². The van der Waals surface area contributed by atoms with E-state index in [-0.39, 0.29) is 12.1 Å². The second-order valence-electron chi connectivity index (χ2n) is 8.50. The first-order valence-corrected chi connectivity index (χ1v) is 11.4. The summed E-state index contributed by atoms with van der Waals surface area (Å²) in [6, 6.07) is 17.6. The molecule has 0 aliphatic heterocycles. The van der Waals surface area contributed by atoms with E-state index in [9.17, 15) is 9.59 Å². The molecule has 32 heavy (non-hydrogen) atoms. The van der Waals surface area contributed by atoms with Crippen molar-refractivity contribution < 1.29 is 9.53 Å². The first kappa shape index (κ1) is 23.7. The molecule has 0 unspecified atom stereocenters. The molecule has 1 N–H and O–H groups in total. The van der Waals surface area contributed by atoms with Gasteiger partial charge in [-0.05, 0) is 51.3 Å². The minimum Gasteiger partial charge on any atom is -0.459 e. The van der Waals surface area contributed by atoms with E-state index >= 15 is 0 Å². The van der Waals surface area contributed by atoms with Crippen LogP contribution in [0.5, 0.6) is 0 Å². The average molecular weight is 498 g/mol. The minimum atomic E-state index is -0.640. The van der Waals surface area contributed by atoms with Gasteiger partial charge in [0.2, 0.25) is 0 Å². The maximum atomic E-state index is 13.2. The van der Waals surface area contributed by atoms with Crippen molar-refractivity contribution in [2.75, 3.05) is 11.9 Å². The van der Waals surface area contributed by atoms with Crippen LogP contribution in [-0.2, 0) is 22.5 Å². The summed E-state index contributed by atoms with van der Waals surface area (Å²) < 4.78 is 7.73. The molecule has 6 nitrogen and oxygen atoms in total. The standard InChI is InChI=1S/C25H28BrN3O3/c1-25(2,3)32-22(30)17-29-23(19-11-13-20(26)14-12-19)28-16-21(24(29)31)27-15-7-10-18-8-5-4-6-9-18/h4-6,8-9,11-14,16,27H,7,10,15,17H2,1-3H3. The number of aryl methyl sites for hydroxylation is 1. The highest BCUT2D eigenvalue weighted by atomic mass is 79.9. The fourth-order valence-electron chi connectivity index (χ4n) is 3.25. The normalized spacial score (nSPS) is 11.2. The summed E-state index contributed by atoms with van der Waals surface area (Å²) in [5, 5.41) is 3.18. The molecule has 3 rings (SSSR count). The van der Waals surface area contributed by atoms with Gasteiger partial charge in [-0.25, -0.2) is 4.98 Å². The summed E-state index contributed by atoms with van der Waals surface area (Å²) in [6.45, 7) is 5.80. The van der Waals surface area contributed by atoms with Crippen LogP contribution < -0.4 is 10.9 Å². The van der Waals surface area contributed by atoms with Gasteiger partial charge in [0, 0.05) is 16.6 Å². The first-order chi connectivity index (χ1) is 15.2. The number of anilines is 1. The number of carbonyl (C=O) groups is 1. The van der Waals surface area contributed by atoms with Gasteiger partial charge >= 0.3 is 5.97 Å². The Morgan fingerprint density at radius 2 is 1.78 bits per heavy atom. The molecule has 0 radical (unpaired) electrons. The van der Waals surface area contributed by atoms with Gasteiger partial charge < -0.3 is 10.1 Å². The monoisotopic (exact) mass is 497 g/mol. The van der Waals surface area contributed by atoms with Gasteiger partial charge in [0.25, 0.3) is 5.56 Å². The highest BCUT2D eigenvalue weighted by molar-refractivity contribution is 9.10. The molecular weight excluding hydrogens is 470 g/mol. The van der Waals surface area contributed by atoms with E-state index in [2.05, 4.69) is 38.4 Å². The number of ether oxygens (including phenoxy) is 1. The van der Waals surface area contributed by atoms with Gasteiger partial charge in [-0.15, -0.1) is 0 Å². The van der Waals surface area contributed by atoms with Crippen LogP contribution in [0.25, 0.3) is 11.4 Å². The van der Waals surface area contributed by atoms with Gasteiger partial charge in [-0.3, -0.25) is 14.2 Å². The SMILES string of the molecule is CC(C)(C)OC(=O)Cn1c(-c2ccc(Br)cc2)ncc(NCCCc2ccccc2)c1=O. The van der Waals surface area contributed by atoms with Gasteiger partial charge in [-0.2, -0.15) is 0 Å². The van der Waals surface area contributed by atoms with Crippen LogP contribution >= 0.6 is 15.9 Å². The first-order valence-electron chi connectivity index (χ1n) is 10.6. The fourth-order valence-corrected chi connectivity index (χ4v) is 3.52. The number of carbonyl (C=O) groups excluding carboxylic acids is 1. The molecule has 2 aromatic carbocycles. The molecule has 168 valence electrons. The predicted octanol–water partition coefficient (Wildman–Crippen LogP) is 5.06. The summed E-state index contributed by atoms with van der Waals surface area (Å²) in [5.41, 5.74) is 1.41. The van der Waals surface area contributed by atoms with Crippen molar-refractivity contribution in [1.29, 1.82) is 0 Å². The Labute approximate surface area is 196 Å². The number of hydrogen-bond acceptors (Lipinski definition) is 5. The van der Waals surface area contributed by atoms with Crippen LogP contribution in [0.15, 0.2) is 70.1 Å². The van der Waals surface area contributed by atoms with Gasteiger partial charge in [0.1, 0.15) is 23.7 Å². The average Bonchev–Trinajstić information content (AvgIpc) is 2.74. The number of nitrogens with one attached hydrogen (secondary N) is 1. The summed E-state index contributed by atoms with van der Waals surface area (Å²) in [6.07, 6.45) is 3.31. The number of halogens is 1. The molecular formula is C25H28BrN3O3. The number of hydrogen-bond donors (Lipinski definition) is 1. The van der Waals surface area contributed by atoms with Crippen molar-refractivity contribution in [1.82, 2.24) is 9.55 Å². The Balaban J connectivity index is 1.81. The van der Waals surface area contributed by atoms with Crippen molar-refractivity contribution in [3.8, 4) is 11.4 Å². The molecule has 0 spiro atoms. The van der Waals surface area contributed by atoms with E-state index in [1.807, 2.05) is 42.5 Å². The van der Waals surface area contributed by atoms with E-state index < -0.39 is 11.6 Å². The van der Waals surface area contributed by atoms with Crippen molar-refractivity contribution in [2.45, 2.75) is 45.8 Å². The third-order valence-corrected chi connectivity index (χ3v) is 5.19. The minimum absolute atomic E-state index is 0.214. The Kier molecular flexibility index (Phi) is 7.85. The molecule has 7 heteroatoms. The Morgan fingerprint density at radius 3 is 2.44 bits per heavy atom. The number of esters is 1. The van der Waals surface area contributed by atoms with E-state index in [4.69, 9.17) is 4.74 Å². The molecule has 0 aliphatic carbocycles. The molecule has 0 amide bonds. The Morgan fingerprint density at radius 1 is 1.09 bits per heavy atom. The van der Waals surface area contributed by atoms with E-state index in [1.165, 1.54) is 16.3 Å². The molecule has 0 saturated heterocycles. The smallest absolute Gasteiger partial charge is 0.326 e. The predicted molar refractivity (Wildman–Crippen MR) is 131 cm³/mol. The zero-order chi connectivity index (χ0) is 23.1. The highest BCUT2D eigenvalue weighted by Gasteiger charge is 2.20. The summed E-state index contributed by atoms with van der Waals surface area (Å²) >= 11 is 3.41. The Bertz CT molecular complexity index is 1100. The zero-order valence-corrected chi connectivity index (χ0v) is 20.2. The highest BCUT2D eigenvalue weighted by Crippen LogP contribution is 2.20. The van der Waals surface area contributed by atoms with Gasteiger partial charge in [0.15, 0.2) is 0 Å². The molecule has 3 aromatic rings. The lowest BCUT2D eigenvalue weighted by molar-refractivity contribution is -0.155. The lowest BCUT2D eigenvalue weighted by Crippen LogP contribution is -2.33. The number of benzene rings is 2. The van der Waals surface area contributed by atoms with Crippen molar-refractivity contribution >= 4 is 27.6 Å². The molecule has 1 heterocycles. The third-order valence-electron chi connectivity index (χ3n) is 4.66. The summed E-state index contributed by atoms with van der Waals surface area (Å²) in [5.74, 6) is -0.0656. The largest absolute Gasteiger partial charge is 0.459 e. The fraction of sp³-hybridized carbons (Fsp3) is 0.320. The quantitative estimate of drug-likeness (QED) is 0.347. The second-order valence-corrected chi connectivity index (χ2v) is 9.41. The lowest BCUT2D eigenvalue weighted by atomic mass is 10.1. The number of aromatic nitrogens is 2. The molecule has 0 aliphatic rings. The zero-order valence-electron chi connectivity index (χ0n) is 18.6. The molecule has 0 atom stereocenters. The third kappa shape index (κ3) is 6.79. The summed E-state index contributed by atoms with van der Waals surface area (Å²) in [4.78, 5) is 30.3. The molecule has 1 aromatic heterocycles. The van der Waals surface area contributed by atoms with Crippen LogP contribution in [-0.4, -0.2) is 27.7 Å². The van der Waals surface area contributed by atoms with Crippen LogP contribution in [0.3, 0.4) is 0 Å². The van der Waals surface area contributed by atoms with E-state index in [0.29, 0.717) is 18.1 Å². The maximum Gasteiger partial charge on any atom is 0.326 e. The molecule has 0 saturated carbocycles. The van der Waals surface area contributed by atoms with Crippen LogP contribution in [0.4, 0.5) is 5.69 Å². The molecule has 0 bridgehead atoms. The Hall–Kier alpha value is -2.93. The topological polar surface area (TPSA) is 73.2 Å². The lowest BCUT2D eigenvalue weighted by Gasteiger charge is -2.21. The van der Waals surface area contributed by atoms with Crippen molar-refractivity contribution in [2.24, 2.45) is 0 Å². The van der Waals surface area contributed by atoms with Gasteiger partial charge in [-0.1, -0.05) is 58.4 Å². The number of nitrogens with zero attached hydrogens (tertiary/aromatic N) is 2. The number of rotatable bonds is 8. The molecule has 0 fully saturated rings. The van der Waals surface area contributed by atoms with E-state index in [0.717, 1.165) is 22.9 Å². The van der Waals surface area contributed by atoms with Gasteiger partial charge in [0.05, 0.1) is 6.20 Å². The summed E-state index contributed by atoms with van der Waals surface area (Å²) in [7, 11) is 0. The second kappa shape index (κ2) is 10.6.